The first-order valence-electron chi connectivity index (χ1n) is 8.49. The smallest absolute Gasteiger partial charge is 0.254 e. The Balaban J connectivity index is 1.66. The second-order valence-electron chi connectivity index (χ2n) is 6.09. The second-order valence-corrected chi connectivity index (χ2v) is 6.09. The summed E-state index contributed by atoms with van der Waals surface area (Å²) < 4.78 is 10.7. The lowest BCUT2D eigenvalue weighted by atomic mass is 10.0. The number of nitrogens with zero attached hydrogens (tertiary/aromatic N) is 3. The molecule has 1 atom stereocenters. The fraction of sp³-hybridized carbons (Fsp3) is 0.421. The maximum absolute atomic E-state index is 12.9. The third kappa shape index (κ3) is 4.61. The van der Waals surface area contributed by atoms with Gasteiger partial charge in [0.1, 0.15) is 0 Å². The molecule has 0 aliphatic carbocycles. The number of hydrogen-bond donors (Lipinski definition) is 0. The number of rotatable bonds is 6. The van der Waals surface area contributed by atoms with Gasteiger partial charge in [-0.1, -0.05) is 12.1 Å². The highest BCUT2D eigenvalue weighted by Crippen LogP contribution is 2.17. The van der Waals surface area contributed by atoms with Gasteiger partial charge in [0, 0.05) is 37.8 Å². The molecule has 1 aliphatic rings. The molecule has 0 radical (unpaired) electrons. The third-order valence-corrected chi connectivity index (χ3v) is 4.35. The van der Waals surface area contributed by atoms with Crippen molar-refractivity contribution < 1.29 is 14.3 Å². The van der Waals surface area contributed by atoms with Crippen LogP contribution >= 0.6 is 0 Å². The van der Waals surface area contributed by atoms with Gasteiger partial charge < -0.3 is 14.4 Å². The fourth-order valence-electron chi connectivity index (χ4n) is 3.01. The average molecular weight is 341 g/mol. The third-order valence-electron chi connectivity index (χ3n) is 4.35. The monoisotopic (exact) mass is 341 g/mol. The molecule has 132 valence electrons. The van der Waals surface area contributed by atoms with E-state index in [1.54, 1.807) is 25.7 Å². The van der Waals surface area contributed by atoms with E-state index < -0.39 is 0 Å². The normalized spacial score (nSPS) is 17.5. The minimum absolute atomic E-state index is 0.0522. The minimum atomic E-state index is 0.0522. The van der Waals surface area contributed by atoms with E-state index in [-0.39, 0.29) is 11.9 Å². The van der Waals surface area contributed by atoms with Crippen molar-refractivity contribution in [2.45, 2.75) is 25.5 Å². The minimum Gasteiger partial charge on any atom is -0.380 e. The maximum atomic E-state index is 12.9. The van der Waals surface area contributed by atoms with E-state index in [9.17, 15) is 4.79 Å². The number of aryl methyl sites for hydroxylation is 1. The van der Waals surface area contributed by atoms with Crippen LogP contribution in [0.3, 0.4) is 0 Å². The van der Waals surface area contributed by atoms with Gasteiger partial charge in [0.15, 0.2) is 0 Å². The lowest BCUT2D eigenvalue weighted by Crippen LogP contribution is -2.48. The average Bonchev–Trinajstić information content (AvgIpc) is 2.68. The molecular weight excluding hydrogens is 318 g/mol. The zero-order valence-corrected chi connectivity index (χ0v) is 14.4. The summed E-state index contributed by atoms with van der Waals surface area (Å²) in [7, 11) is 1.66. The van der Waals surface area contributed by atoms with Crippen LogP contribution < -0.4 is 0 Å². The number of aromatic nitrogens is 2. The van der Waals surface area contributed by atoms with Crippen LogP contribution in [-0.2, 0) is 22.5 Å². The van der Waals surface area contributed by atoms with Crippen molar-refractivity contribution >= 4 is 5.91 Å². The van der Waals surface area contributed by atoms with E-state index >= 15 is 0 Å². The van der Waals surface area contributed by atoms with Gasteiger partial charge >= 0.3 is 0 Å². The topological polar surface area (TPSA) is 64.5 Å². The van der Waals surface area contributed by atoms with Crippen LogP contribution in [0.25, 0.3) is 0 Å². The zero-order valence-electron chi connectivity index (χ0n) is 14.4. The van der Waals surface area contributed by atoms with E-state index in [2.05, 4.69) is 9.97 Å². The van der Waals surface area contributed by atoms with Gasteiger partial charge in [-0.05, 0) is 30.5 Å². The van der Waals surface area contributed by atoms with Gasteiger partial charge in [-0.15, -0.1) is 0 Å². The number of amides is 1. The number of ether oxygens (including phenoxy) is 2. The molecule has 0 unspecified atom stereocenters. The van der Waals surface area contributed by atoms with Gasteiger partial charge in [-0.2, -0.15) is 0 Å². The van der Waals surface area contributed by atoms with Gasteiger partial charge in [-0.3, -0.25) is 14.8 Å². The molecule has 1 amide bonds. The number of benzene rings is 1. The van der Waals surface area contributed by atoms with Crippen LogP contribution in [0.1, 0.15) is 28.0 Å². The Morgan fingerprint density at radius 1 is 1.32 bits per heavy atom. The Hall–Kier alpha value is -2.31. The Bertz CT molecular complexity index is 676. The van der Waals surface area contributed by atoms with Crippen molar-refractivity contribution in [1.82, 2.24) is 14.9 Å². The molecule has 0 bridgehead atoms. The van der Waals surface area contributed by atoms with Crippen molar-refractivity contribution in [2.75, 3.05) is 26.9 Å². The fourth-order valence-corrected chi connectivity index (χ4v) is 3.01. The Morgan fingerprint density at radius 3 is 2.88 bits per heavy atom. The van der Waals surface area contributed by atoms with Gasteiger partial charge in [0.05, 0.1) is 31.6 Å². The van der Waals surface area contributed by atoms with E-state index in [0.717, 1.165) is 24.1 Å². The molecule has 3 rings (SSSR count). The second kappa shape index (κ2) is 8.69. The first-order chi connectivity index (χ1) is 12.3. The van der Waals surface area contributed by atoms with Crippen molar-refractivity contribution in [3.8, 4) is 0 Å². The maximum Gasteiger partial charge on any atom is 0.254 e. The van der Waals surface area contributed by atoms with Crippen molar-refractivity contribution in [2.24, 2.45) is 0 Å². The Morgan fingerprint density at radius 2 is 2.16 bits per heavy atom. The first kappa shape index (κ1) is 17.5. The van der Waals surface area contributed by atoms with Crippen molar-refractivity contribution in [1.29, 1.82) is 0 Å². The quantitative estimate of drug-likeness (QED) is 0.805. The highest BCUT2D eigenvalue weighted by Gasteiger charge is 2.27. The number of carbonyl (C=O) groups excluding carboxylic acids is 1. The zero-order chi connectivity index (χ0) is 17.5. The molecule has 1 fully saturated rings. The number of morpholine rings is 1. The standard InChI is InChI=1S/C19H23N3O3/c1-24-13-15-2-4-16(5-3-15)19(23)22-10-11-25-14-18(22)7-6-17-12-20-8-9-21-17/h2-5,8-9,12,18H,6-7,10-11,13-14H2,1H3/t18-/m0/s1. The van der Waals surface area contributed by atoms with Crippen LogP contribution in [0.4, 0.5) is 0 Å². The summed E-state index contributed by atoms with van der Waals surface area (Å²) in [5, 5.41) is 0. The molecule has 1 aromatic heterocycles. The largest absolute Gasteiger partial charge is 0.380 e. The van der Waals surface area contributed by atoms with Crippen LogP contribution in [0, 0.1) is 0 Å². The molecule has 0 saturated carbocycles. The molecule has 1 aromatic carbocycles. The lowest BCUT2D eigenvalue weighted by Gasteiger charge is -2.35. The van der Waals surface area contributed by atoms with Crippen LogP contribution in [0.15, 0.2) is 42.9 Å². The summed E-state index contributed by atoms with van der Waals surface area (Å²) in [6.07, 6.45) is 6.71. The van der Waals surface area contributed by atoms with Crippen molar-refractivity contribution in [3.05, 3.63) is 59.7 Å². The van der Waals surface area contributed by atoms with Crippen LogP contribution in [0.5, 0.6) is 0 Å². The van der Waals surface area contributed by atoms with E-state index in [4.69, 9.17) is 9.47 Å². The summed E-state index contributed by atoms with van der Waals surface area (Å²) in [5.74, 6) is 0.0522. The lowest BCUT2D eigenvalue weighted by molar-refractivity contribution is -0.00413. The summed E-state index contributed by atoms with van der Waals surface area (Å²) >= 11 is 0. The predicted molar refractivity (Wildman–Crippen MR) is 93.2 cm³/mol. The highest BCUT2D eigenvalue weighted by atomic mass is 16.5. The van der Waals surface area contributed by atoms with E-state index in [0.29, 0.717) is 31.9 Å². The molecule has 0 N–H and O–H groups in total. The SMILES string of the molecule is COCc1ccc(C(=O)N2CCOC[C@@H]2CCc2cnccn2)cc1. The molecule has 6 heteroatoms. The number of carbonyl (C=O) groups is 1. The number of hydrogen-bond acceptors (Lipinski definition) is 5. The summed E-state index contributed by atoms with van der Waals surface area (Å²) in [4.78, 5) is 23.2. The summed E-state index contributed by atoms with van der Waals surface area (Å²) in [6, 6.07) is 7.66. The van der Waals surface area contributed by atoms with Crippen molar-refractivity contribution in [3.63, 3.8) is 0 Å². The molecular formula is C19H23N3O3. The summed E-state index contributed by atoms with van der Waals surface area (Å²) in [5.41, 5.74) is 2.69. The van der Waals surface area contributed by atoms with Crippen LogP contribution in [-0.4, -0.2) is 53.7 Å². The van der Waals surface area contributed by atoms with Gasteiger partial charge in [-0.25, -0.2) is 0 Å². The molecule has 6 nitrogen and oxygen atoms in total. The molecule has 25 heavy (non-hydrogen) atoms. The summed E-state index contributed by atoms with van der Waals surface area (Å²) in [6.45, 7) is 2.31. The van der Waals surface area contributed by atoms with E-state index in [1.807, 2.05) is 29.2 Å². The Labute approximate surface area is 147 Å². The van der Waals surface area contributed by atoms with E-state index in [1.165, 1.54) is 0 Å². The predicted octanol–water partition coefficient (Wildman–Crippen LogP) is 2.10. The molecule has 2 heterocycles. The van der Waals surface area contributed by atoms with Gasteiger partial charge in [0.25, 0.3) is 5.91 Å². The molecule has 1 saturated heterocycles. The highest BCUT2D eigenvalue weighted by molar-refractivity contribution is 5.94. The molecule has 1 aliphatic heterocycles. The Kier molecular flexibility index (Phi) is 6.09. The van der Waals surface area contributed by atoms with Gasteiger partial charge in [0.2, 0.25) is 0 Å². The number of methoxy groups -OCH3 is 1. The first-order valence-corrected chi connectivity index (χ1v) is 8.49. The molecule has 2 aromatic rings. The van der Waals surface area contributed by atoms with Crippen LogP contribution in [0.2, 0.25) is 0 Å². The molecule has 0 spiro atoms.